The van der Waals surface area contributed by atoms with E-state index in [0.717, 1.165) is 0 Å². The maximum absolute atomic E-state index is 12.9. The fourth-order valence-corrected chi connectivity index (χ4v) is 3.55. The number of hydrogen-bond donors (Lipinski definition) is 0. The predicted octanol–water partition coefficient (Wildman–Crippen LogP) is 4.67. The normalized spacial score (nSPS) is 13.3. The maximum Gasteiger partial charge on any atom is 0.337 e. The molecule has 7 nitrogen and oxygen atoms in total. The fourth-order valence-electron chi connectivity index (χ4n) is 3.55. The van der Waals surface area contributed by atoms with Crippen LogP contribution in [-0.2, 0) is 4.74 Å². The smallest absolute Gasteiger partial charge is 0.337 e. The van der Waals surface area contributed by atoms with E-state index in [-0.39, 0.29) is 23.9 Å². The number of ketones is 2. The Bertz CT molecular complexity index is 1290. The van der Waals surface area contributed by atoms with Crippen molar-refractivity contribution in [1.82, 2.24) is 0 Å². The van der Waals surface area contributed by atoms with Crippen molar-refractivity contribution < 1.29 is 33.3 Å². The molecular formula is C27H22O7. The van der Waals surface area contributed by atoms with Gasteiger partial charge in [-0.15, -0.1) is 0 Å². The van der Waals surface area contributed by atoms with Gasteiger partial charge in [-0.25, -0.2) is 4.79 Å². The third-order valence-corrected chi connectivity index (χ3v) is 5.36. The van der Waals surface area contributed by atoms with Crippen LogP contribution < -0.4 is 14.2 Å². The van der Waals surface area contributed by atoms with Crippen LogP contribution in [0, 0.1) is 6.92 Å². The number of rotatable bonds is 7. The molecule has 0 aliphatic carbocycles. The highest BCUT2D eigenvalue weighted by Crippen LogP contribution is 2.37. The molecule has 1 aliphatic rings. The summed E-state index contributed by atoms with van der Waals surface area (Å²) in [7, 11) is 2.88. The standard InChI is InChI=1S/C27H22O7/c1-16-12-21(33-15-22(28)18-8-10-20(31-2)11-9-18)14-23-25(16)26(29)24(34-23)13-17-4-6-19(7-5-17)27(30)32-3/h4-14H,15H2,1-3H3/b24-13-. The third kappa shape index (κ3) is 4.68. The molecule has 1 aliphatic heterocycles. The van der Waals surface area contributed by atoms with Gasteiger partial charge in [0.25, 0.3) is 0 Å². The van der Waals surface area contributed by atoms with E-state index < -0.39 is 5.97 Å². The molecule has 0 amide bonds. The van der Waals surface area contributed by atoms with Crippen molar-refractivity contribution in [1.29, 1.82) is 0 Å². The fraction of sp³-hybridized carbons (Fsp3) is 0.148. The quantitative estimate of drug-likeness (QED) is 0.289. The van der Waals surface area contributed by atoms with Gasteiger partial charge in [-0.2, -0.15) is 0 Å². The van der Waals surface area contributed by atoms with Gasteiger partial charge in [0.05, 0.1) is 25.3 Å². The summed E-state index contributed by atoms with van der Waals surface area (Å²) in [5, 5.41) is 0. The summed E-state index contributed by atoms with van der Waals surface area (Å²) in [6.45, 7) is 1.63. The van der Waals surface area contributed by atoms with Gasteiger partial charge in [0.15, 0.2) is 18.1 Å². The first-order chi connectivity index (χ1) is 16.4. The second-order valence-corrected chi connectivity index (χ2v) is 7.61. The van der Waals surface area contributed by atoms with Crippen LogP contribution in [0.25, 0.3) is 6.08 Å². The number of allylic oxidation sites excluding steroid dienone is 1. The zero-order chi connectivity index (χ0) is 24.2. The van der Waals surface area contributed by atoms with Gasteiger partial charge >= 0.3 is 5.97 Å². The lowest BCUT2D eigenvalue weighted by Crippen LogP contribution is -2.11. The maximum atomic E-state index is 12.9. The van der Waals surface area contributed by atoms with Gasteiger partial charge in [0, 0.05) is 11.6 Å². The molecule has 0 bridgehead atoms. The average molecular weight is 458 g/mol. The van der Waals surface area contributed by atoms with Crippen molar-refractivity contribution in [2.24, 2.45) is 0 Å². The number of ether oxygens (including phenoxy) is 4. The highest BCUT2D eigenvalue weighted by molar-refractivity contribution is 6.15. The lowest BCUT2D eigenvalue weighted by molar-refractivity contribution is 0.0600. The van der Waals surface area contributed by atoms with Crippen LogP contribution in [-0.4, -0.2) is 38.4 Å². The molecule has 0 spiro atoms. The van der Waals surface area contributed by atoms with Crippen LogP contribution in [0.3, 0.4) is 0 Å². The highest BCUT2D eigenvalue weighted by Gasteiger charge is 2.30. The lowest BCUT2D eigenvalue weighted by Gasteiger charge is -2.09. The van der Waals surface area contributed by atoms with Crippen LogP contribution in [0.5, 0.6) is 17.2 Å². The summed E-state index contributed by atoms with van der Waals surface area (Å²) in [6.07, 6.45) is 1.61. The number of fused-ring (bicyclic) bond motifs is 1. The molecule has 0 fully saturated rings. The first-order valence-electron chi connectivity index (χ1n) is 10.5. The van der Waals surface area contributed by atoms with Crippen molar-refractivity contribution in [2.75, 3.05) is 20.8 Å². The highest BCUT2D eigenvalue weighted by atomic mass is 16.5. The Morgan fingerprint density at radius 2 is 1.59 bits per heavy atom. The predicted molar refractivity (Wildman–Crippen MR) is 125 cm³/mol. The van der Waals surface area contributed by atoms with Crippen LogP contribution in [0.15, 0.2) is 66.4 Å². The molecule has 172 valence electrons. The average Bonchev–Trinajstić information content (AvgIpc) is 3.17. The van der Waals surface area contributed by atoms with E-state index in [9.17, 15) is 14.4 Å². The molecule has 0 radical (unpaired) electrons. The summed E-state index contributed by atoms with van der Waals surface area (Å²) >= 11 is 0. The molecule has 0 saturated heterocycles. The largest absolute Gasteiger partial charge is 0.497 e. The number of carbonyl (C=O) groups is 3. The SMILES string of the molecule is COC(=O)c1ccc(/C=C2\Oc3cc(OCC(=O)c4ccc(OC)cc4)cc(C)c3C2=O)cc1. The Morgan fingerprint density at radius 1 is 0.912 bits per heavy atom. The van der Waals surface area contributed by atoms with Crippen LogP contribution >= 0.6 is 0 Å². The van der Waals surface area contributed by atoms with Crippen molar-refractivity contribution >= 4 is 23.6 Å². The number of esters is 1. The second-order valence-electron chi connectivity index (χ2n) is 7.61. The molecule has 3 aromatic carbocycles. The Kier molecular flexibility index (Phi) is 6.45. The topological polar surface area (TPSA) is 88.1 Å². The molecule has 0 saturated carbocycles. The lowest BCUT2D eigenvalue weighted by atomic mass is 10.0. The van der Waals surface area contributed by atoms with Crippen molar-refractivity contribution in [3.05, 3.63) is 94.2 Å². The monoisotopic (exact) mass is 458 g/mol. The number of hydrogen-bond acceptors (Lipinski definition) is 7. The minimum atomic E-state index is -0.437. The summed E-state index contributed by atoms with van der Waals surface area (Å²) in [6, 6.07) is 16.7. The molecule has 0 unspecified atom stereocenters. The van der Waals surface area contributed by atoms with Gasteiger partial charge in [0.2, 0.25) is 5.78 Å². The van der Waals surface area contributed by atoms with E-state index in [0.29, 0.717) is 45.1 Å². The van der Waals surface area contributed by atoms with Crippen molar-refractivity contribution in [2.45, 2.75) is 6.92 Å². The minimum absolute atomic E-state index is 0.159. The number of methoxy groups -OCH3 is 2. The first kappa shape index (κ1) is 22.8. The molecule has 1 heterocycles. The number of carbonyl (C=O) groups excluding carboxylic acids is 3. The van der Waals surface area contributed by atoms with Crippen LogP contribution in [0.2, 0.25) is 0 Å². The summed E-state index contributed by atoms with van der Waals surface area (Å²) < 4.78 is 21.3. The summed E-state index contributed by atoms with van der Waals surface area (Å²) in [4.78, 5) is 36.9. The molecule has 0 N–H and O–H groups in total. The van der Waals surface area contributed by atoms with Crippen molar-refractivity contribution in [3.8, 4) is 17.2 Å². The van der Waals surface area contributed by atoms with E-state index in [1.807, 2.05) is 0 Å². The first-order valence-corrected chi connectivity index (χ1v) is 10.5. The minimum Gasteiger partial charge on any atom is -0.497 e. The Hall–Kier alpha value is -4.39. The number of benzene rings is 3. The van der Waals surface area contributed by atoms with Gasteiger partial charge in [0.1, 0.15) is 17.2 Å². The van der Waals surface area contributed by atoms with Gasteiger partial charge < -0.3 is 18.9 Å². The van der Waals surface area contributed by atoms with E-state index in [4.69, 9.17) is 18.9 Å². The Morgan fingerprint density at radius 3 is 2.24 bits per heavy atom. The van der Waals surface area contributed by atoms with E-state index in [1.165, 1.54) is 7.11 Å². The molecule has 34 heavy (non-hydrogen) atoms. The Balaban J connectivity index is 1.48. The molecule has 7 heteroatoms. The molecule has 3 aromatic rings. The van der Waals surface area contributed by atoms with Crippen LogP contribution in [0.4, 0.5) is 0 Å². The van der Waals surface area contributed by atoms with E-state index in [1.54, 1.807) is 80.8 Å². The zero-order valence-electron chi connectivity index (χ0n) is 18.9. The van der Waals surface area contributed by atoms with Crippen molar-refractivity contribution in [3.63, 3.8) is 0 Å². The molecule has 0 aromatic heterocycles. The van der Waals surface area contributed by atoms with Crippen LogP contribution in [0.1, 0.15) is 42.2 Å². The molecule has 0 atom stereocenters. The summed E-state index contributed by atoms with van der Waals surface area (Å²) in [5.41, 5.74) is 2.75. The zero-order valence-corrected chi connectivity index (χ0v) is 18.9. The summed E-state index contributed by atoms with van der Waals surface area (Å²) in [5.74, 6) is 0.753. The van der Waals surface area contributed by atoms with Gasteiger partial charge in [-0.3, -0.25) is 9.59 Å². The second kappa shape index (κ2) is 9.62. The Labute approximate surface area is 196 Å². The molecular weight excluding hydrogens is 436 g/mol. The van der Waals surface area contributed by atoms with E-state index >= 15 is 0 Å². The third-order valence-electron chi connectivity index (χ3n) is 5.36. The van der Waals surface area contributed by atoms with E-state index in [2.05, 4.69) is 0 Å². The van der Waals surface area contributed by atoms with Gasteiger partial charge in [-0.1, -0.05) is 12.1 Å². The number of aryl methyl sites for hydroxylation is 1. The van der Waals surface area contributed by atoms with Gasteiger partial charge in [-0.05, 0) is 66.6 Å². The number of Topliss-reactive ketones (excluding diaryl/α,β-unsaturated/α-hetero) is 2. The molecule has 4 rings (SSSR count).